The molecule has 0 atom stereocenters. The smallest absolute Gasteiger partial charge is 0.194 e. The fourth-order valence-corrected chi connectivity index (χ4v) is 3.59. The first-order valence-electron chi connectivity index (χ1n) is 7.91. The van der Waals surface area contributed by atoms with Crippen molar-refractivity contribution in [3.63, 3.8) is 0 Å². The summed E-state index contributed by atoms with van der Waals surface area (Å²) in [7, 11) is 0. The van der Waals surface area contributed by atoms with Gasteiger partial charge < -0.3 is 15.3 Å². The van der Waals surface area contributed by atoms with Gasteiger partial charge in [-0.1, -0.05) is 6.42 Å². The summed E-state index contributed by atoms with van der Waals surface area (Å²) in [6.07, 6.45) is 8.50. The van der Waals surface area contributed by atoms with E-state index < -0.39 is 5.60 Å². The second-order valence-electron chi connectivity index (χ2n) is 6.77. The monoisotopic (exact) mass is 265 g/mol. The van der Waals surface area contributed by atoms with Gasteiger partial charge in [-0.3, -0.25) is 4.99 Å². The molecule has 4 heteroatoms. The Bertz CT molecular complexity index is 358. The summed E-state index contributed by atoms with van der Waals surface area (Å²) in [5.41, 5.74) is 0.0954. The number of guanidine groups is 1. The second kappa shape index (κ2) is 4.97. The maximum atomic E-state index is 10.2. The summed E-state index contributed by atoms with van der Waals surface area (Å²) < 4.78 is 0. The number of likely N-dealkylation sites (tertiary alicyclic amines) is 1. The highest BCUT2D eigenvalue weighted by Crippen LogP contribution is 2.47. The first-order valence-corrected chi connectivity index (χ1v) is 7.91. The zero-order chi connectivity index (χ0) is 13.3. The Morgan fingerprint density at radius 3 is 2.42 bits per heavy atom. The molecule has 0 amide bonds. The van der Waals surface area contributed by atoms with Gasteiger partial charge in [0.1, 0.15) is 0 Å². The first kappa shape index (κ1) is 13.2. The van der Waals surface area contributed by atoms with Crippen LogP contribution in [0.4, 0.5) is 0 Å². The molecule has 0 aromatic heterocycles. The molecular formula is C15H27N3O. The largest absolute Gasteiger partial charge is 0.388 e. The molecule has 0 radical (unpaired) electrons. The van der Waals surface area contributed by atoms with Gasteiger partial charge in [-0.2, -0.15) is 0 Å². The van der Waals surface area contributed by atoms with Gasteiger partial charge >= 0.3 is 0 Å². The molecule has 3 rings (SSSR count). The fraction of sp³-hybridized carbons (Fsp3) is 0.933. The minimum atomic E-state index is -0.505. The molecule has 3 aliphatic rings. The molecule has 3 fully saturated rings. The first-order chi connectivity index (χ1) is 9.15. The summed E-state index contributed by atoms with van der Waals surface area (Å²) in [5, 5.41) is 13.6. The zero-order valence-corrected chi connectivity index (χ0v) is 12.1. The molecule has 2 N–H and O–H groups in total. The molecule has 2 saturated carbocycles. The van der Waals surface area contributed by atoms with Crippen molar-refractivity contribution in [1.29, 1.82) is 0 Å². The maximum absolute atomic E-state index is 10.2. The molecule has 1 saturated heterocycles. The van der Waals surface area contributed by atoms with E-state index in [0.717, 1.165) is 44.9 Å². The Morgan fingerprint density at radius 2 is 1.95 bits per heavy atom. The lowest BCUT2D eigenvalue weighted by Gasteiger charge is -2.38. The summed E-state index contributed by atoms with van der Waals surface area (Å²) in [6.45, 7) is 5.88. The quantitative estimate of drug-likeness (QED) is 0.603. The number of aliphatic hydroxyl groups is 1. The van der Waals surface area contributed by atoms with Crippen LogP contribution in [0.1, 0.15) is 51.9 Å². The minimum absolute atomic E-state index is 0.505. The predicted octanol–water partition coefficient (Wildman–Crippen LogP) is 1.74. The van der Waals surface area contributed by atoms with Gasteiger partial charge in [-0.25, -0.2) is 0 Å². The summed E-state index contributed by atoms with van der Waals surface area (Å²) in [5.74, 6) is 1.02. The standard InChI is InChI=1S/C15H27N3O/c1-2-16-13(17-11-15(19)7-4-8-15)18-10-9-14(12-18)5-3-6-14/h19H,2-12H2,1H3,(H,16,17). The van der Waals surface area contributed by atoms with Gasteiger partial charge in [0.15, 0.2) is 5.96 Å². The number of nitrogens with zero attached hydrogens (tertiary/aromatic N) is 2. The molecular weight excluding hydrogens is 238 g/mol. The molecule has 2 aliphatic carbocycles. The highest BCUT2D eigenvalue weighted by molar-refractivity contribution is 5.80. The van der Waals surface area contributed by atoms with E-state index in [1.54, 1.807) is 0 Å². The van der Waals surface area contributed by atoms with Gasteiger partial charge in [0.25, 0.3) is 0 Å². The molecule has 0 aromatic carbocycles. The molecule has 0 bridgehead atoms. The Labute approximate surface area is 116 Å². The van der Waals surface area contributed by atoms with Crippen molar-refractivity contribution in [2.45, 2.75) is 57.5 Å². The third-order valence-corrected chi connectivity index (χ3v) is 5.29. The van der Waals surface area contributed by atoms with Crippen LogP contribution in [-0.2, 0) is 0 Å². The normalized spacial score (nSPS) is 28.1. The van der Waals surface area contributed by atoms with Crippen LogP contribution in [-0.4, -0.2) is 47.7 Å². The minimum Gasteiger partial charge on any atom is -0.388 e. The lowest BCUT2D eigenvalue weighted by atomic mass is 9.68. The number of rotatable bonds is 3. The van der Waals surface area contributed by atoms with E-state index in [1.807, 2.05) is 0 Å². The topological polar surface area (TPSA) is 47.9 Å². The van der Waals surface area contributed by atoms with Crippen molar-refractivity contribution in [2.24, 2.45) is 10.4 Å². The predicted molar refractivity (Wildman–Crippen MR) is 77.3 cm³/mol. The van der Waals surface area contributed by atoms with Crippen LogP contribution in [0, 0.1) is 5.41 Å². The van der Waals surface area contributed by atoms with Crippen LogP contribution in [0.5, 0.6) is 0 Å². The Balaban J connectivity index is 1.61. The number of hydrogen-bond donors (Lipinski definition) is 2. The third kappa shape index (κ3) is 2.60. The molecule has 19 heavy (non-hydrogen) atoms. The van der Waals surface area contributed by atoms with Crippen molar-refractivity contribution < 1.29 is 5.11 Å². The van der Waals surface area contributed by atoms with E-state index in [9.17, 15) is 5.11 Å². The van der Waals surface area contributed by atoms with E-state index in [4.69, 9.17) is 4.99 Å². The van der Waals surface area contributed by atoms with E-state index >= 15 is 0 Å². The van der Waals surface area contributed by atoms with Crippen molar-refractivity contribution in [3.05, 3.63) is 0 Å². The molecule has 0 aromatic rings. The molecule has 1 spiro atoms. The molecule has 1 aliphatic heterocycles. The molecule has 0 unspecified atom stereocenters. The fourth-order valence-electron chi connectivity index (χ4n) is 3.59. The van der Waals surface area contributed by atoms with Crippen molar-refractivity contribution in [3.8, 4) is 0 Å². The summed E-state index contributed by atoms with van der Waals surface area (Å²) in [6, 6.07) is 0. The second-order valence-corrected chi connectivity index (χ2v) is 6.77. The van der Waals surface area contributed by atoms with Crippen molar-refractivity contribution >= 4 is 5.96 Å². The van der Waals surface area contributed by atoms with E-state index in [0.29, 0.717) is 12.0 Å². The van der Waals surface area contributed by atoms with Crippen LogP contribution in [0.3, 0.4) is 0 Å². The lowest BCUT2D eigenvalue weighted by Crippen LogP contribution is -2.45. The Hall–Kier alpha value is -0.770. The Morgan fingerprint density at radius 1 is 1.21 bits per heavy atom. The highest BCUT2D eigenvalue weighted by Gasteiger charge is 2.43. The van der Waals surface area contributed by atoms with Crippen molar-refractivity contribution in [1.82, 2.24) is 10.2 Å². The lowest BCUT2D eigenvalue weighted by molar-refractivity contribution is -0.0237. The van der Waals surface area contributed by atoms with Gasteiger partial charge in [0, 0.05) is 19.6 Å². The molecule has 108 valence electrons. The highest BCUT2D eigenvalue weighted by atomic mass is 16.3. The SMILES string of the molecule is CCNC(=NCC1(O)CCC1)N1CCC2(CCC2)C1. The van der Waals surface area contributed by atoms with Crippen LogP contribution >= 0.6 is 0 Å². The number of hydrogen-bond acceptors (Lipinski definition) is 2. The van der Waals surface area contributed by atoms with Gasteiger partial charge in [0.2, 0.25) is 0 Å². The van der Waals surface area contributed by atoms with Gasteiger partial charge in [0.05, 0.1) is 12.1 Å². The number of aliphatic imine (C=N–C) groups is 1. The van der Waals surface area contributed by atoms with Crippen molar-refractivity contribution in [2.75, 3.05) is 26.2 Å². The van der Waals surface area contributed by atoms with E-state index in [1.165, 1.54) is 25.7 Å². The van der Waals surface area contributed by atoms with Crippen LogP contribution in [0.2, 0.25) is 0 Å². The van der Waals surface area contributed by atoms with Crippen LogP contribution in [0.15, 0.2) is 4.99 Å². The van der Waals surface area contributed by atoms with Crippen LogP contribution < -0.4 is 5.32 Å². The van der Waals surface area contributed by atoms with E-state index in [2.05, 4.69) is 17.1 Å². The average Bonchev–Trinajstić information content (AvgIpc) is 2.77. The zero-order valence-electron chi connectivity index (χ0n) is 12.1. The maximum Gasteiger partial charge on any atom is 0.194 e. The summed E-state index contributed by atoms with van der Waals surface area (Å²) >= 11 is 0. The summed E-state index contributed by atoms with van der Waals surface area (Å²) in [4.78, 5) is 7.10. The van der Waals surface area contributed by atoms with Gasteiger partial charge in [-0.15, -0.1) is 0 Å². The third-order valence-electron chi connectivity index (χ3n) is 5.29. The average molecular weight is 265 g/mol. The molecule has 4 nitrogen and oxygen atoms in total. The molecule has 1 heterocycles. The van der Waals surface area contributed by atoms with E-state index in [-0.39, 0.29) is 0 Å². The Kier molecular flexibility index (Phi) is 3.46. The number of nitrogens with one attached hydrogen (secondary N) is 1. The van der Waals surface area contributed by atoms with Gasteiger partial charge in [-0.05, 0) is 50.9 Å². The van der Waals surface area contributed by atoms with Crippen LogP contribution in [0.25, 0.3) is 0 Å².